The predicted octanol–water partition coefficient (Wildman–Crippen LogP) is 2.27. The Kier molecular flexibility index (Phi) is 3.75. The van der Waals surface area contributed by atoms with Crippen molar-refractivity contribution >= 4 is 11.7 Å². The van der Waals surface area contributed by atoms with Crippen LogP contribution in [0.15, 0.2) is 12.1 Å². The Labute approximate surface area is 104 Å². The fourth-order valence-corrected chi connectivity index (χ4v) is 1.44. The molecule has 100 valence electrons. The number of nitro benzene ring substituents is 1. The Bertz CT molecular complexity index is 590. The Hall–Kier alpha value is -2.63. The molecular formula is C10H5F3N2O4. The first-order chi connectivity index (χ1) is 8.73. The molecule has 0 aliphatic heterocycles. The predicted molar refractivity (Wildman–Crippen MR) is 54.2 cm³/mol. The van der Waals surface area contributed by atoms with Crippen LogP contribution in [0.5, 0.6) is 0 Å². The van der Waals surface area contributed by atoms with E-state index in [0.717, 1.165) is 13.2 Å². The minimum Gasteiger partial charge on any atom is -0.465 e. The number of nitrogens with zero attached hydrogens (tertiary/aromatic N) is 2. The fraction of sp³-hybridized carbons (Fsp3) is 0.200. The zero-order valence-electron chi connectivity index (χ0n) is 9.32. The van der Waals surface area contributed by atoms with Crippen molar-refractivity contribution < 1.29 is 27.6 Å². The number of nitriles is 1. The van der Waals surface area contributed by atoms with Crippen molar-refractivity contribution in [3.63, 3.8) is 0 Å². The van der Waals surface area contributed by atoms with E-state index in [1.807, 2.05) is 0 Å². The van der Waals surface area contributed by atoms with E-state index >= 15 is 0 Å². The molecule has 0 heterocycles. The molecule has 0 aromatic heterocycles. The summed E-state index contributed by atoms with van der Waals surface area (Å²) in [6.45, 7) is 0. The molecule has 0 unspecified atom stereocenters. The number of carbonyl (C=O) groups is 1. The van der Waals surface area contributed by atoms with Crippen molar-refractivity contribution in [2.24, 2.45) is 0 Å². The number of rotatable bonds is 2. The van der Waals surface area contributed by atoms with Crippen molar-refractivity contribution in [2.75, 3.05) is 7.11 Å². The van der Waals surface area contributed by atoms with Crippen molar-refractivity contribution in [1.82, 2.24) is 0 Å². The number of alkyl halides is 3. The Morgan fingerprint density at radius 3 is 2.42 bits per heavy atom. The second kappa shape index (κ2) is 4.93. The lowest BCUT2D eigenvalue weighted by Gasteiger charge is -2.11. The van der Waals surface area contributed by atoms with Gasteiger partial charge in [-0.1, -0.05) is 0 Å². The maximum atomic E-state index is 12.8. The van der Waals surface area contributed by atoms with E-state index in [9.17, 15) is 28.1 Å². The average Bonchev–Trinajstić information content (AvgIpc) is 2.34. The highest BCUT2D eigenvalue weighted by atomic mass is 19.4. The summed E-state index contributed by atoms with van der Waals surface area (Å²) in [5.74, 6) is -1.29. The van der Waals surface area contributed by atoms with Gasteiger partial charge in [0.15, 0.2) is 5.56 Å². The molecule has 0 amide bonds. The highest BCUT2D eigenvalue weighted by Crippen LogP contribution is 2.40. The van der Waals surface area contributed by atoms with Gasteiger partial charge < -0.3 is 4.74 Å². The Morgan fingerprint density at radius 1 is 1.47 bits per heavy atom. The van der Waals surface area contributed by atoms with Crippen LogP contribution in [0, 0.1) is 21.4 Å². The lowest BCUT2D eigenvalue weighted by atomic mass is 10.0. The molecule has 1 rings (SSSR count). The first kappa shape index (κ1) is 14.4. The molecule has 0 N–H and O–H groups in total. The third-order valence-corrected chi connectivity index (χ3v) is 2.17. The van der Waals surface area contributed by atoms with Crippen LogP contribution in [0.4, 0.5) is 18.9 Å². The molecule has 19 heavy (non-hydrogen) atoms. The molecule has 0 aliphatic carbocycles. The van der Waals surface area contributed by atoms with Gasteiger partial charge in [0, 0.05) is 0 Å². The molecule has 0 saturated carbocycles. The van der Waals surface area contributed by atoms with Gasteiger partial charge in [0.25, 0.3) is 5.69 Å². The molecule has 1 aromatic carbocycles. The summed E-state index contributed by atoms with van der Waals surface area (Å²) >= 11 is 0. The van der Waals surface area contributed by atoms with E-state index in [1.54, 1.807) is 0 Å². The summed E-state index contributed by atoms with van der Waals surface area (Å²) in [7, 11) is 0.873. The molecule has 6 nitrogen and oxygen atoms in total. The second-order valence-corrected chi connectivity index (χ2v) is 3.24. The lowest BCUT2D eigenvalue weighted by molar-refractivity contribution is -0.388. The van der Waals surface area contributed by atoms with Gasteiger partial charge in [-0.2, -0.15) is 18.4 Å². The van der Waals surface area contributed by atoms with Crippen molar-refractivity contribution in [2.45, 2.75) is 6.18 Å². The average molecular weight is 274 g/mol. The van der Waals surface area contributed by atoms with E-state index in [4.69, 9.17) is 5.26 Å². The standard InChI is InChI=1S/C10H5F3N2O4/c1-19-9(16)6-3-2-5(4-14)7(10(11,12)13)8(6)15(17)18/h2-3H,1H3. The molecule has 1 aromatic rings. The third kappa shape index (κ3) is 2.62. The SMILES string of the molecule is COC(=O)c1ccc(C#N)c(C(F)(F)F)c1[N+](=O)[O-]. The summed E-state index contributed by atoms with van der Waals surface area (Å²) in [5, 5.41) is 19.4. The van der Waals surface area contributed by atoms with Gasteiger partial charge in [-0.15, -0.1) is 0 Å². The largest absolute Gasteiger partial charge is 0.465 e. The molecule has 0 aliphatic rings. The van der Waals surface area contributed by atoms with Crippen LogP contribution in [-0.4, -0.2) is 18.0 Å². The first-order valence-corrected chi connectivity index (χ1v) is 4.61. The van der Waals surface area contributed by atoms with E-state index in [0.29, 0.717) is 6.07 Å². The number of halogens is 3. The quantitative estimate of drug-likeness (QED) is 0.468. The zero-order valence-corrected chi connectivity index (χ0v) is 9.32. The van der Waals surface area contributed by atoms with Crippen LogP contribution in [-0.2, 0) is 10.9 Å². The van der Waals surface area contributed by atoms with Gasteiger partial charge in [0.1, 0.15) is 11.6 Å². The number of nitro groups is 1. The fourth-order valence-electron chi connectivity index (χ4n) is 1.44. The Morgan fingerprint density at radius 2 is 2.05 bits per heavy atom. The molecule has 0 bridgehead atoms. The van der Waals surface area contributed by atoms with Gasteiger partial charge in [-0.05, 0) is 12.1 Å². The molecule has 0 spiro atoms. The summed E-state index contributed by atoms with van der Waals surface area (Å²) in [5.41, 5.74) is -5.05. The number of hydrogen-bond acceptors (Lipinski definition) is 5. The number of carbonyl (C=O) groups excluding carboxylic acids is 1. The van der Waals surface area contributed by atoms with Crippen molar-refractivity contribution in [3.8, 4) is 6.07 Å². The van der Waals surface area contributed by atoms with E-state index in [2.05, 4.69) is 4.74 Å². The number of esters is 1. The van der Waals surface area contributed by atoms with Gasteiger partial charge >= 0.3 is 12.1 Å². The van der Waals surface area contributed by atoms with Gasteiger partial charge in [0.05, 0.1) is 17.6 Å². The monoisotopic (exact) mass is 274 g/mol. The van der Waals surface area contributed by atoms with Gasteiger partial charge in [-0.25, -0.2) is 4.79 Å². The van der Waals surface area contributed by atoms with Crippen LogP contribution in [0.3, 0.4) is 0 Å². The van der Waals surface area contributed by atoms with Gasteiger partial charge in [0.2, 0.25) is 0 Å². The molecule has 9 heteroatoms. The first-order valence-electron chi connectivity index (χ1n) is 4.61. The van der Waals surface area contributed by atoms with E-state index in [-0.39, 0.29) is 0 Å². The number of methoxy groups -OCH3 is 1. The highest BCUT2D eigenvalue weighted by Gasteiger charge is 2.44. The number of benzene rings is 1. The smallest absolute Gasteiger partial charge is 0.424 e. The third-order valence-electron chi connectivity index (χ3n) is 2.17. The van der Waals surface area contributed by atoms with Crippen LogP contribution >= 0.6 is 0 Å². The molecule has 0 atom stereocenters. The number of hydrogen-bond donors (Lipinski definition) is 0. The highest BCUT2D eigenvalue weighted by molar-refractivity contribution is 5.95. The molecule has 0 saturated heterocycles. The lowest BCUT2D eigenvalue weighted by Crippen LogP contribution is -2.16. The normalized spacial score (nSPS) is 10.7. The molecule has 0 radical (unpaired) electrons. The molecular weight excluding hydrogens is 269 g/mol. The van der Waals surface area contributed by atoms with E-state index in [1.165, 1.54) is 6.07 Å². The maximum absolute atomic E-state index is 12.8. The second-order valence-electron chi connectivity index (χ2n) is 3.24. The summed E-state index contributed by atoms with van der Waals surface area (Å²) in [6, 6.07) is 2.64. The zero-order chi connectivity index (χ0) is 14.8. The summed E-state index contributed by atoms with van der Waals surface area (Å²) < 4.78 is 42.6. The van der Waals surface area contributed by atoms with Crippen LogP contribution in [0.1, 0.15) is 21.5 Å². The number of ether oxygens (including phenoxy) is 1. The van der Waals surface area contributed by atoms with Crippen molar-refractivity contribution in [1.29, 1.82) is 5.26 Å². The summed E-state index contributed by atoms with van der Waals surface area (Å²) in [4.78, 5) is 20.6. The summed E-state index contributed by atoms with van der Waals surface area (Å²) in [6.07, 6.45) is -5.14. The van der Waals surface area contributed by atoms with E-state index < -0.39 is 39.4 Å². The van der Waals surface area contributed by atoms with Gasteiger partial charge in [-0.3, -0.25) is 10.1 Å². The minimum atomic E-state index is -5.14. The molecule has 0 fully saturated rings. The Balaban J connectivity index is 3.80. The van der Waals surface area contributed by atoms with Crippen molar-refractivity contribution in [3.05, 3.63) is 38.9 Å². The van der Waals surface area contributed by atoms with Crippen LogP contribution in [0.2, 0.25) is 0 Å². The minimum absolute atomic E-state index is 0.683. The van der Waals surface area contributed by atoms with Crippen LogP contribution in [0.25, 0.3) is 0 Å². The maximum Gasteiger partial charge on any atom is 0.424 e. The topological polar surface area (TPSA) is 93.2 Å². The van der Waals surface area contributed by atoms with Crippen LogP contribution < -0.4 is 0 Å².